The SMILES string of the molecule is NCC1CCCN1C(=O)CCN1CCN(c2ccccc2)CC1. The molecule has 2 aliphatic rings. The monoisotopic (exact) mass is 316 g/mol. The first-order valence-electron chi connectivity index (χ1n) is 8.80. The van der Waals surface area contributed by atoms with Crippen molar-refractivity contribution in [2.45, 2.75) is 25.3 Å². The summed E-state index contributed by atoms with van der Waals surface area (Å²) >= 11 is 0. The largest absolute Gasteiger partial charge is 0.369 e. The van der Waals surface area contributed by atoms with Gasteiger partial charge in [0.15, 0.2) is 0 Å². The van der Waals surface area contributed by atoms with Crippen LogP contribution in [0.15, 0.2) is 30.3 Å². The average Bonchev–Trinajstić information content (AvgIpc) is 3.10. The number of rotatable bonds is 5. The van der Waals surface area contributed by atoms with Crippen molar-refractivity contribution < 1.29 is 4.79 Å². The maximum Gasteiger partial charge on any atom is 0.224 e. The molecule has 1 aromatic rings. The highest BCUT2D eigenvalue weighted by Crippen LogP contribution is 2.18. The Morgan fingerprint density at radius 3 is 2.52 bits per heavy atom. The first-order valence-corrected chi connectivity index (χ1v) is 8.80. The molecule has 0 bridgehead atoms. The van der Waals surface area contributed by atoms with Gasteiger partial charge in [-0.15, -0.1) is 0 Å². The van der Waals surface area contributed by atoms with Gasteiger partial charge < -0.3 is 15.5 Å². The molecule has 0 saturated carbocycles. The molecule has 2 saturated heterocycles. The van der Waals surface area contributed by atoms with E-state index < -0.39 is 0 Å². The van der Waals surface area contributed by atoms with Crippen LogP contribution in [0.25, 0.3) is 0 Å². The molecule has 0 spiro atoms. The third kappa shape index (κ3) is 4.03. The molecule has 2 heterocycles. The van der Waals surface area contributed by atoms with Crippen LogP contribution in [0.3, 0.4) is 0 Å². The summed E-state index contributed by atoms with van der Waals surface area (Å²) in [6.07, 6.45) is 2.79. The van der Waals surface area contributed by atoms with Crippen molar-refractivity contribution in [2.75, 3.05) is 50.7 Å². The minimum atomic E-state index is 0.275. The zero-order chi connectivity index (χ0) is 16.1. The van der Waals surface area contributed by atoms with Gasteiger partial charge in [-0.05, 0) is 25.0 Å². The standard InChI is InChI=1S/C18H28N4O/c19-15-17-7-4-9-22(17)18(23)8-10-20-11-13-21(14-12-20)16-5-2-1-3-6-16/h1-3,5-6,17H,4,7-15,19H2. The lowest BCUT2D eigenvalue weighted by Gasteiger charge is -2.36. The predicted octanol–water partition coefficient (Wildman–Crippen LogP) is 1.15. The molecule has 1 atom stereocenters. The maximum atomic E-state index is 12.4. The smallest absolute Gasteiger partial charge is 0.224 e. The Kier molecular flexibility index (Phi) is 5.51. The summed E-state index contributed by atoms with van der Waals surface area (Å²) in [7, 11) is 0. The molecule has 1 aromatic carbocycles. The lowest BCUT2D eigenvalue weighted by molar-refractivity contribution is -0.132. The van der Waals surface area contributed by atoms with Gasteiger partial charge in [-0.1, -0.05) is 18.2 Å². The number of nitrogens with zero attached hydrogens (tertiary/aromatic N) is 3. The summed E-state index contributed by atoms with van der Waals surface area (Å²) in [4.78, 5) is 19.2. The number of hydrogen-bond donors (Lipinski definition) is 1. The van der Waals surface area contributed by atoms with Crippen LogP contribution in [0.4, 0.5) is 5.69 Å². The second-order valence-electron chi connectivity index (χ2n) is 6.53. The van der Waals surface area contributed by atoms with E-state index in [0.29, 0.717) is 13.0 Å². The van der Waals surface area contributed by atoms with E-state index in [1.54, 1.807) is 0 Å². The fraction of sp³-hybridized carbons (Fsp3) is 0.611. The van der Waals surface area contributed by atoms with Gasteiger partial charge in [0, 0.05) is 64.0 Å². The molecule has 0 radical (unpaired) electrons. The summed E-state index contributed by atoms with van der Waals surface area (Å²) in [6, 6.07) is 10.8. The van der Waals surface area contributed by atoms with Crippen molar-refractivity contribution in [3.63, 3.8) is 0 Å². The van der Waals surface area contributed by atoms with Gasteiger partial charge in [0.2, 0.25) is 5.91 Å². The van der Waals surface area contributed by atoms with Crippen molar-refractivity contribution in [3.8, 4) is 0 Å². The number of para-hydroxylation sites is 1. The van der Waals surface area contributed by atoms with Gasteiger partial charge in [-0.25, -0.2) is 0 Å². The fourth-order valence-electron chi connectivity index (χ4n) is 3.67. The van der Waals surface area contributed by atoms with Gasteiger partial charge in [0.25, 0.3) is 0 Å². The second-order valence-corrected chi connectivity index (χ2v) is 6.53. The van der Waals surface area contributed by atoms with E-state index in [1.807, 2.05) is 4.90 Å². The average molecular weight is 316 g/mol. The molecule has 5 heteroatoms. The van der Waals surface area contributed by atoms with Crippen molar-refractivity contribution in [1.29, 1.82) is 0 Å². The summed E-state index contributed by atoms with van der Waals surface area (Å²) < 4.78 is 0. The fourth-order valence-corrected chi connectivity index (χ4v) is 3.67. The highest BCUT2D eigenvalue weighted by Gasteiger charge is 2.27. The number of nitrogens with two attached hydrogens (primary N) is 1. The molecule has 0 aliphatic carbocycles. The molecule has 126 valence electrons. The van der Waals surface area contributed by atoms with Crippen LogP contribution < -0.4 is 10.6 Å². The Morgan fingerprint density at radius 2 is 1.83 bits per heavy atom. The number of likely N-dealkylation sites (tertiary alicyclic amines) is 1. The van der Waals surface area contributed by atoms with Crippen LogP contribution >= 0.6 is 0 Å². The number of carbonyl (C=O) groups excluding carboxylic acids is 1. The highest BCUT2D eigenvalue weighted by molar-refractivity contribution is 5.77. The van der Waals surface area contributed by atoms with Crippen molar-refractivity contribution >= 4 is 11.6 Å². The zero-order valence-electron chi connectivity index (χ0n) is 13.9. The Bertz CT molecular complexity index is 499. The van der Waals surface area contributed by atoms with E-state index in [4.69, 9.17) is 5.73 Å². The molecule has 0 aromatic heterocycles. The molecule has 2 N–H and O–H groups in total. The molecular weight excluding hydrogens is 288 g/mol. The Hall–Kier alpha value is -1.59. The van der Waals surface area contributed by atoms with Crippen LogP contribution in [0, 0.1) is 0 Å². The summed E-state index contributed by atoms with van der Waals surface area (Å²) in [5, 5.41) is 0. The number of benzene rings is 1. The third-order valence-electron chi connectivity index (χ3n) is 5.11. The van der Waals surface area contributed by atoms with E-state index in [1.165, 1.54) is 5.69 Å². The van der Waals surface area contributed by atoms with Gasteiger partial charge in [-0.3, -0.25) is 9.69 Å². The third-order valence-corrected chi connectivity index (χ3v) is 5.11. The van der Waals surface area contributed by atoms with Crippen LogP contribution in [0.1, 0.15) is 19.3 Å². The topological polar surface area (TPSA) is 52.8 Å². The predicted molar refractivity (Wildman–Crippen MR) is 93.5 cm³/mol. The van der Waals surface area contributed by atoms with Gasteiger partial charge >= 0.3 is 0 Å². The molecular formula is C18H28N4O. The van der Waals surface area contributed by atoms with Crippen LogP contribution in [0.5, 0.6) is 0 Å². The molecule has 23 heavy (non-hydrogen) atoms. The Labute approximate surface area is 139 Å². The Morgan fingerprint density at radius 1 is 1.09 bits per heavy atom. The van der Waals surface area contributed by atoms with Crippen molar-refractivity contribution in [2.24, 2.45) is 5.73 Å². The Balaban J connectivity index is 1.42. The maximum absolute atomic E-state index is 12.4. The zero-order valence-corrected chi connectivity index (χ0v) is 13.9. The minimum Gasteiger partial charge on any atom is -0.369 e. The van der Waals surface area contributed by atoms with E-state index >= 15 is 0 Å². The number of hydrogen-bond acceptors (Lipinski definition) is 4. The van der Waals surface area contributed by atoms with Gasteiger partial charge in [0.1, 0.15) is 0 Å². The molecule has 3 rings (SSSR count). The van der Waals surface area contributed by atoms with Crippen LogP contribution in [-0.4, -0.2) is 67.6 Å². The summed E-state index contributed by atoms with van der Waals surface area (Å²) in [5.41, 5.74) is 7.06. The normalized spacial score (nSPS) is 22.6. The van der Waals surface area contributed by atoms with Gasteiger partial charge in [-0.2, -0.15) is 0 Å². The number of piperazine rings is 1. The van der Waals surface area contributed by atoms with Crippen molar-refractivity contribution in [3.05, 3.63) is 30.3 Å². The molecule has 1 unspecified atom stereocenters. The van der Waals surface area contributed by atoms with Crippen LogP contribution in [-0.2, 0) is 4.79 Å². The van der Waals surface area contributed by atoms with Gasteiger partial charge in [0.05, 0.1) is 0 Å². The molecule has 1 amide bonds. The number of anilines is 1. The lowest BCUT2D eigenvalue weighted by Crippen LogP contribution is -2.48. The second kappa shape index (κ2) is 7.79. The van der Waals surface area contributed by atoms with E-state index in [2.05, 4.69) is 40.1 Å². The lowest BCUT2D eigenvalue weighted by atomic mass is 10.2. The first-order chi connectivity index (χ1) is 11.3. The summed E-state index contributed by atoms with van der Waals surface area (Å²) in [6.45, 7) is 6.49. The molecule has 2 aliphatic heterocycles. The van der Waals surface area contributed by atoms with E-state index in [0.717, 1.165) is 52.1 Å². The van der Waals surface area contributed by atoms with E-state index in [9.17, 15) is 4.79 Å². The molecule has 5 nitrogen and oxygen atoms in total. The number of carbonyl (C=O) groups is 1. The minimum absolute atomic E-state index is 0.275. The molecule has 2 fully saturated rings. The van der Waals surface area contributed by atoms with Crippen LogP contribution in [0.2, 0.25) is 0 Å². The number of amides is 1. The highest BCUT2D eigenvalue weighted by atomic mass is 16.2. The first kappa shape index (κ1) is 16.3. The quantitative estimate of drug-likeness (QED) is 0.885. The van der Waals surface area contributed by atoms with E-state index in [-0.39, 0.29) is 11.9 Å². The summed E-state index contributed by atoms with van der Waals surface area (Å²) in [5.74, 6) is 0.281. The van der Waals surface area contributed by atoms with Crippen molar-refractivity contribution in [1.82, 2.24) is 9.80 Å².